The van der Waals surface area contributed by atoms with E-state index in [0.717, 1.165) is 58.9 Å². The number of hydrogen-bond donors (Lipinski definition) is 2. The molecule has 2 N–H and O–H groups in total. The Morgan fingerprint density at radius 2 is 2.21 bits per heavy atom. The number of rotatable bonds is 4. The van der Waals surface area contributed by atoms with Crippen LogP contribution in [0.15, 0.2) is 29.8 Å². The Bertz CT molecular complexity index is 1080. The van der Waals surface area contributed by atoms with Crippen molar-refractivity contribution < 1.29 is 0 Å². The molecule has 0 spiro atoms. The fraction of sp³-hybridized carbons (Fsp3) is 0.368. The predicted molar refractivity (Wildman–Crippen MR) is 112 cm³/mol. The van der Waals surface area contributed by atoms with E-state index in [1.807, 2.05) is 37.6 Å². The third-order valence-corrected chi connectivity index (χ3v) is 5.85. The highest BCUT2D eigenvalue weighted by atomic mass is 32.1. The zero-order chi connectivity index (χ0) is 19.1. The Kier molecular flexibility index (Phi) is 4.33. The zero-order valence-corrected chi connectivity index (χ0v) is 16.7. The van der Waals surface area contributed by atoms with Gasteiger partial charge in [0.1, 0.15) is 5.00 Å². The van der Waals surface area contributed by atoms with E-state index >= 15 is 0 Å². The van der Waals surface area contributed by atoms with Crippen LogP contribution in [0.25, 0.3) is 11.2 Å². The van der Waals surface area contributed by atoms with Crippen LogP contribution in [-0.4, -0.2) is 57.3 Å². The molecule has 28 heavy (non-hydrogen) atoms. The first-order valence-electron chi connectivity index (χ1n) is 9.40. The molecule has 1 atom stereocenters. The van der Waals surface area contributed by atoms with Crippen LogP contribution in [-0.2, 0) is 0 Å². The predicted octanol–water partition coefficient (Wildman–Crippen LogP) is 2.63. The molecule has 0 bridgehead atoms. The molecule has 0 saturated heterocycles. The lowest BCUT2D eigenvalue weighted by molar-refractivity contribution is 0.380. The number of anilines is 2. The summed E-state index contributed by atoms with van der Waals surface area (Å²) in [5, 5.41) is 15.2. The number of thiazole rings is 1. The number of aromatic nitrogens is 4. The normalized spacial score (nSPS) is 19.4. The van der Waals surface area contributed by atoms with E-state index < -0.39 is 0 Å². The number of imidazole rings is 1. The summed E-state index contributed by atoms with van der Waals surface area (Å²) in [5.41, 5.74) is 4.12. The van der Waals surface area contributed by atoms with Crippen LogP contribution in [0.2, 0.25) is 0 Å². The summed E-state index contributed by atoms with van der Waals surface area (Å²) in [6.45, 7) is 4.69. The Morgan fingerprint density at radius 3 is 2.93 bits per heavy atom. The number of likely N-dealkylation sites (N-methyl/N-ethyl adjacent to an activating group) is 1. The minimum absolute atomic E-state index is 0.215. The second kappa shape index (κ2) is 6.99. The van der Waals surface area contributed by atoms with Gasteiger partial charge in [-0.25, -0.2) is 15.0 Å². The van der Waals surface area contributed by atoms with Crippen molar-refractivity contribution in [1.82, 2.24) is 29.7 Å². The standard InChI is InChI=1S/C19H22N8S/c1-12-21-9-17(28-12)25-18-19-22-8-16(14-7-23-26(2)10-14)27(19)11-15(24-18)13-4-3-5-20-6-13/h4,7-9,11,14,20H,3,5-6,10H2,1-2H3,(H,24,25). The van der Waals surface area contributed by atoms with E-state index in [9.17, 15) is 0 Å². The van der Waals surface area contributed by atoms with Gasteiger partial charge in [0.15, 0.2) is 11.5 Å². The number of nitrogens with zero attached hydrogens (tertiary/aromatic N) is 6. The molecule has 5 heterocycles. The van der Waals surface area contributed by atoms with Crippen LogP contribution in [0.3, 0.4) is 0 Å². The van der Waals surface area contributed by atoms with Crippen molar-refractivity contribution in [2.24, 2.45) is 5.10 Å². The molecule has 1 unspecified atom stereocenters. The third-order valence-electron chi connectivity index (χ3n) is 5.02. The van der Waals surface area contributed by atoms with Gasteiger partial charge in [-0.1, -0.05) is 6.08 Å². The second-order valence-corrected chi connectivity index (χ2v) is 8.36. The van der Waals surface area contributed by atoms with Crippen LogP contribution in [0.5, 0.6) is 0 Å². The number of hydrazone groups is 1. The minimum atomic E-state index is 0.215. The van der Waals surface area contributed by atoms with Gasteiger partial charge < -0.3 is 10.6 Å². The molecular weight excluding hydrogens is 372 g/mol. The van der Waals surface area contributed by atoms with Crippen molar-refractivity contribution in [2.45, 2.75) is 19.3 Å². The van der Waals surface area contributed by atoms with E-state index in [1.165, 1.54) is 5.57 Å². The lowest BCUT2D eigenvalue weighted by Crippen LogP contribution is -2.22. The van der Waals surface area contributed by atoms with Gasteiger partial charge in [0.25, 0.3) is 0 Å². The highest BCUT2D eigenvalue weighted by Crippen LogP contribution is 2.29. The molecule has 2 aliphatic heterocycles. The van der Waals surface area contributed by atoms with Crippen LogP contribution >= 0.6 is 11.3 Å². The SMILES string of the molecule is Cc1ncc(Nc2nc(C3=CCCNC3)cn3c(C4C=NN(C)C4)cnc23)s1. The van der Waals surface area contributed by atoms with Crippen molar-refractivity contribution >= 4 is 39.6 Å². The largest absolute Gasteiger partial charge is 0.327 e. The first-order chi connectivity index (χ1) is 13.7. The Morgan fingerprint density at radius 1 is 1.29 bits per heavy atom. The highest BCUT2D eigenvalue weighted by Gasteiger charge is 2.23. The van der Waals surface area contributed by atoms with Gasteiger partial charge >= 0.3 is 0 Å². The summed E-state index contributed by atoms with van der Waals surface area (Å²) in [6, 6.07) is 0. The fourth-order valence-electron chi connectivity index (χ4n) is 3.64. The Balaban J connectivity index is 1.63. The van der Waals surface area contributed by atoms with Crippen molar-refractivity contribution in [1.29, 1.82) is 0 Å². The molecule has 0 saturated carbocycles. The van der Waals surface area contributed by atoms with Gasteiger partial charge in [0.2, 0.25) is 0 Å². The molecule has 0 radical (unpaired) electrons. The van der Waals surface area contributed by atoms with Crippen molar-refractivity contribution in [3.05, 3.63) is 41.1 Å². The molecule has 2 aliphatic rings. The first kappa shape index (κ1) is 17.3. The average Bonchev–Trinajstić information content (AvgIpc) is 3.42. The molecular formula is C19H22N8S. The lowest BCUT2D eigenvalue weighted by atomic mass is 10.1. The number of nitrogens with one attached hydrogen (secondary N) is 2. The van der Waals surface area contributed by atoms with Gasteiger partial charge in [-0.05, 0) is 25.5 Å². The summed E-state index contributed by atoms with van der Waals surface area (Å²) < 4.78 is 2.16. The molecule has 0 fully saturated rings. The summed E-state index contributed by atoms with van der Waals surface area (Å²) in [4.78, 5) is 13.9. The van der Waals surface area contributed by atoms with Gasteiger partial charge in [-0.3, -0.25) is 9.41 Å². The van der Waals surface area contributed by atoms with Gasteiger partial charge in [0.05, 0.1) is 34.7 Å². The molecule has 144 valence electrons. The number of aryl methyl sites for hydroxylation is 1. The average molecular weight is 395 g/mol. The van der Waals surface area contributed by atoms with Crippen molar-refractivity contribution in [2.75, 3.05) is 32.0 Å². The number of fused-ring (bicyclic) bond motifs is 1. The van der Waals surface area contributed by atoms with Gasteiger partial charge in [-0.2, -0.15) is 5.10 Å². The van der Waals surface area contributed by atoms with E-state index in [1.54, 1.807) is 11.3 Å². The number of hydrogen-bond acceptors (Lipinski definition) is 8. The summed E-state index contributed by atoms with van der Waals surface area (Å²) in [6.07, 6.45) is 11.2. The second-order valence-electron chi connectivity index (χ2n) is 7.13. The molecule has 3 aromatic heterocycles. The van der Waals surface area contributed by atoms with Gasteiger partial charge in [0, 0.05) is 32.5 Å². The Hall–Kier alpha value is -2.78. The van der Waals surface area contributed by atoms with E-state index in [0.29, 0.717) is 0 Å². The van der Waals surface area contributed by atoms with Crippen molar-refractivity contribution in [3.63, 3.8) is 0 Å². The van der Waals surface area contributed by atoms with E-state index in [-0.39, 0.29) is 5.92 Å². The smallest absolute Gasteiger partial charge is 0.180 e. The monoisotopic (exact) mass is 394 g/mol. The molecule has 0 aliphatic carbocycles. The van der Waals surface area contributed by atoms with Crippen LogP contribution in [0.1, 0.15) is 28.7 Å². The summed E-state index contributed by atoms with van der Waals surface area (Å²) >= 11 is 1.61. The molecule has 3 aromatic rings. The van der Waals surface area contributed by atoms with Crippen molar-refractivity contribution in [3.8, 4) is 0 Å². The molecule has 8 nitrogen and oxygen atoms in total. The highest BCUT2D eigenvalue weighted by molar-refractivity contribution is 7.15. The maximum Gasteiger partial charge on any atom is 0.180 e. The summed E-state index contributed by atoms with van der Waals surface area (Å²) in [5.74, 6) is 0.967. The van der Waals surface area contributed by atoms with Gasteiger partial charge in [-0.15, -0.1) is 11.3 Å². The quantitative estimate of drug-likeness (QED) is 0.708. The first-order valence-corrected chi connectivity index (χ1v) is 10.2. The van der Waals surface area contributed by atoms with Crippen LogP contribution in [0.4, 0.5) is 10.8 Å². The lowest BCUT2D eigenvalue weighted by Gasteiger charge is -2.16. The summed E-state index contributed by atoms with van der Waals surface area (Å²) in [7, 11) is 1.99. The van der Waals surface area contributed by atoms with Crippen LogP contribution in [0, 0.1) is 6.92 Å². The van der Waals surface area contributed by atoms with E-state index in [4.69, 9.17) is 4.98 Å². The molecule has 5 rings (SSSR count). The fourth-order valence-corrected chi connectivity index (χ4v) is 4.31. The topological polar surface area (TPSA) is 82.7 Å². The molecule has 0 amide bonds. The zero-order valence-electron chi connectivity index (χ0n) is 15.9. The Labute approximate surface area is 167 Å². The van der Waals surface area contributed by atoms with Crippen LogP contribution < -0.4 is 10.6 Å². The maximum atomic E-state index is 4.92. The van der Waals surface area contributed by atoms with E-state index in [2.05, 4.69) is 42.4 Å². The third kappa shape index (κ3) is 3.16. The maximum absolute atomic E-state index is 4.92. The molecule has 9 heteroatoms. The molecule has 0 aromatic carbocycles. The minimum Gasteiger partial charge on any atom is -0.327 e.